The number of benzene rings is 5. The van der Waals surface area contributed by atoms with Gasteiger partial charge in [-0.15, -0.1) is 0 Å². The number of hydrogen-bond acceptors (Lipinski definition) is 32. The van der Waals surface area contributed by atoms with Crippen molar-refractivity contribution in [2.24, 2.45) is 0 Å². The third-order valence-corrected chi connectivity index (χ3v) is 29.0. The van der Waals surface area contributed by atoms with Crippen molar-refractivity contribution in [1.82, 2.24) is 43.6 Å². The largest absolute Gasteiger partial charge is 0.507 e. The second-order valence-electron chi connectivity index (χ2n) is 34.3. The lowest BCUT2D eigenvalue weighted by Gasteiger charge is -2.32. The highest BCUT2D eigenvalue weighted by Gasteiger charge is 2.52. The number of aryl methyl sites for hydroxylation is 3. The average Bonchev–Trinajstić information content (AvgIpc) is 1.62. The Kier molecular flexibility index (Phi) is 55.5. The van der Waals surface area contributed by atoms with Gasteiger partial charge in [-0.3, -0.25) is 38.4 Å². The normalized spacial score (nSPS) is 12.2. The Morgan fingerprint density at radius 3 is 1.20 bits per heavy atom. The average molecular weight is 2490 g/mol. The number of nitrogens with zero attached hydrogens (tertiary/aromatic N) is 9. The SMILES string of the molecule is CC(=O)c1cn(CC(=O)O)c2cc(O)c(-c3cnc(C)nc3)cc12.CC(C)(C)OC(=O)CBr.COc1cc2c(cc1-c1cnc(C)nc1)c(C(C)=O)cn2CC(=O)OC(C)(C)C.COc1cc2c(cc1Br)C(C(C)=O)=CC2.COc1cc2c(cc1Br)C=CC2.COc1cc2c(cc1Br)c(C(C)=O)cn2CC(=O)OC(C)(C)C.Cc1ncc(B2OC(C)(C)C(C)(C)O2)cn1.S.S=S.S=S=S.S=S=S=S.S=S=S=S=S. The molecule has 0 unspecified atom stereocenters. The molecule has 2 aliphatic carbocycles. The van der Waals surface area contributed by atoms with Crippen molar-refractivity contribution in [3.8, 4) is 51.0 Å². The molecule has 1 aliphatic heterocycles. The summed E-state index contributed by atoms with van der Waals surface area (Å²) in [7, 11) is 13.3. The monoisotopic (exact) mass is 2490 g/mol. The first kappa shape index (κ1) is 129. The van der Waals surface area contributed by atoms with Gasteiger partial charge in [0.05, 0.1) is 69.6 Å². The zero-order valence-electron chi connectivity index (χ0n) is 82.6. The number of phenols is 1. The van der Waals surface area contributed by atoms with Gasteiger partial charge in [0.1, 0.15) is 88.0 Å². The van der Waals surface area contributed by atoms with Crippen LogP contribution < -0.4 is 24.4 Å². The number of hydrogen-bond donors (Lipinski definition) is 2. The maximum absolute atomic E-state index is 12.3. The number of Topliss-reactive ketones (excluding diaryl/α,β-unsaturated/α-hetero) is 4. The minimum atomic E-state index is -1.03. The summed E-state index contributed by atoms with van der Waals surface area (Å²) in [5, 5.41) is 21.7. The number of rotatable bonds is 18. The molecule has 1 fully saturated rings. The van der Waals surface area contributed by atoms with Gasteiger partial charge in [0.25, 0.3) is 0 Å². The number of carboxylic acid groups (broad SMARTS) is 1. The molecule has 7 heterocycles. The second kappa shape index (κ2) is 61.3. The van der Waals surface area contributed by atoms with Crippen LogP contribution in [-0.4, -0.2) is 170 Å². The van der Waals surface area contributed by atoms with E-state index in [0.29, 0.717) is 61.9 Å². The predicted molar refractivity (Wildman–Crippen MR) is 621 cm³/mol. The van der Waals surface area contributed by atoms with E-state index in [1.807, 2.05) is 140 Å². The van der Waals surface area contributed by atoms with Crippen LogP contribution in [0.25, 0.3) is 66.6 Å². The Morgan fingerprint density at radius 1 is 0.469 bits per heavy atom. The minimum absolute atomic E-state index is 0. The number of carbonyl (C=O) groups excluding carboxylic acids is 7. The summed E-state index contributed by atoms with van der Waals surface area (Å²) in [6, 6.07) is 18.6. The van der Waals surface area contributed by atoms with Crippen LogP contribution in [0.1, 0.15) is 189 Å². The minimum Gasteiger partial charge on any atom is -0.507 e. The van der Waals surface area contributed by atoms with Gasteiger partial charge in [-0.05, 0) is 264 Å². The highest BCUT2D eigenvalue weighted by molar-refractivity contribution is 9.11. The number of alkyl halides is 1. The Balaban J connectivity index is 0.000000428. The first-order valence-corrected chi connectivity index (χ1v) is 59.0. The lowest BCUT2D eigenvalue weighted by molar-refractivity contribution is -0.156. The molecule has 28 nitrogen and oxygen atoms in total. The number of ketones is 4. The number of methoxy groups -OCH3 is 4. The van der Waals surface area contributed by atoms with Crippen molar-refractivity contribution in [2.75, 3.05) is 33.8 Å². The van der Waals surface area contributed by atoms with E-state index in [9.17, 15) is 43.5 Å². The molecular formula is C95H110BBr4N9O19S15. The van der Waals surface area contributed by atoms with E-state index in [4.69, 9.17) is 47.6 Å². The van der Waals surface area contributed by atoms with E-state index in [2.05, 4.69) is 207 Å². The fourth-order valence-corrected chi connectivity index (χ4v) is 17.7. The maximum atomic E-state index is 12.3. The highest BCUT2D eigenvalue weighted by Crippen LogP contribution is 2.42. The number of aliphatic carboxylic acids is 1. The molecule has 3 aliphatic rings. The Hall–Kier alpha value is -7.67. The summed E-state index contributed by atoms with van der Waals surface area (Å²) in [5.41, 5.74) is 10.5. The fourth-order valence-electron chi connectivity index (χ4n) is 13.3. The molecule has 0 spiro atoms. The molecule has 0 amide bonds. The summed E-state index contributed by atoms with van der Waals surface area (Å²) in [4.78, 5) is 118. The van der Waals surface area contributed by atoms with Gasteiger partial charge < -0.3 is 66.4 Å². The number of halogens is 4. The maximum Gasteiger partial charge on any atom is 0.498 e. The number of ether oxygens (including phenoxy) is 7. The lowest BCUT2D eigenvalue weighted by Crippen LogP contribution is -2.41. The van der Waals surface area contributed by atoms with Crippen LogP contribution in [-0.2, 0) is 223 Å². The number of aromatic nitrogens is 9. The van der Waals surface area contributed by atoms with Crippen LogP contribution in [0.2, 0.25) is 0 Å². The van der Waals surface area contributed by atoms with E-state index < -0.39 is 17.2 Å². The van der Waals surface area contributed by atoms with Crippen molar-refractivity contribution in [3.05, 3.63) is 198 Å². The number of carboxylic acids is 1. The van der Waals surface area contributed by atoms with Gasteiger partial charge in [-0.2, -0.15) is 13.5 Å². The van der Waals surface area contributed by atoms with Gasteiger partial charge in [-0.1, -0.05) is 34.2 Å². The molecule has 770 valence electrons. The summed E-state index contributed by atoms with van der Waals surface area (Å²) < 4.78 is 56.3. The zero-order chi connectivity index (χ0) is 107. The quantitative estimate of drug-likeness (QED) is 0.0265. The summed E-state index contributed by atoms with van der Waals surface area (Å²) in [5.74, 6) is 2.76. The van der Waals surface area contributed by atoms with Crippen molar-refractivity contribution in [3.63, 3.8) is 0 Å². The molecule has 11 aromatic rings. The van der Waals surface area contributed by atoms with Crippen LogP contribution in [0.4, 0.5) is 0 Å². The number of fused-ring (bicyclic) bond motifs is 5. The van der Waals surface area contributed by atoms with Crippen LogP contribution >= 0.6 is 77.2 Å². The lowest BCUT2D eigenvalue weighted by atomic mass is 9.81. The Bertz CT molecular complexity index is 6700. The van der Waals surface area contributed by atoms with E-state index in [1.54, 1.807) is 113 Å². The third-order valence-electron chi connectivity index (χ3n) is 20.0. The molecule has 0 saturated carbocycles. The summed E-state index contributed by atoms with van der Waals surface area (Å²) >= 11 is 46.4. The van der Waals surface area contributed by atoms with Gasteiger partial charge in [0.2, 0.25) is 0 Å². The van der Waals surface area contributed by atoms with Gasteiger partial charge in [-0.25, -0.2) is 29.9 Å². The standard InChI is InChI=1S/C22H25N3O4.C17H20BrNO4.C17H15N3O4.C12H11BrO2.C11H17BN2O2.C10H9BrO.C6H11BrO2.S5.S4.S3.S2.H2S/c1-13(26)18-11-25(12-21(27)29-22(3,4)5)19-8-20(28-6)16(7-17(18)19)15-9-23-14(2)24-10-15;1-10(20)12-8-19(9-16(21)23-17(2,3)4)14-7-15(22-5)13(18)6-11(12)14;1-9(21)14-7-20(8-17(23)24)15-4-16(22)12(3-13(14)15)11-5-18-10(2)19-6-11;1-7(14)9-4-3-8-5-12(15-2)11(13)6-10(8)9;1-8-13-6-9(7-14-8)12-15-10(2,3)11(4,5)16-12;1-12-10-6-8-4-2-3-7(8)5-9(10)11;1-6(2,3)9-5(8)4-7;1-3-5-4-2;1-3-4-2;1-3-2;1-2;/h7-11H,12H2,1-6H3;6-8H,9H2,1-5H3;3-7,22H,8H2,1-2H3,(H,23,24);4-6H,3H2,1-2H3;6-7H,1-5H3;2-3,5-6H,4H2,1H3;4H2,1-3H3;;;;;1H2. The topological polar surface area (TPSA) is 352 Å². The van der Waals surface area contributed by atoms with Crippen LogP contribution in [0.5, 0.6) is 28.7 Å². The molecule has 0 bridgehead atoms. The van der Waals surface area contributed by atoms with Crippen LogP contribution in [0.3, 0.4) is 0 Å². The molecule has 48 heteroatoms. The molecule has 2 N–H and O–H groups in total. The zero-order valence-corrected chi connectivity index (χ0v) is 101. The number of esters is 3. The van der Waals surface area contributed by atoms with Crippen molar-refractivity contribution >= 4 is 324 Å². The van der Waals surface area contributed by atoms with Crippen molar-refractivity contribution in [2.45, 2.75) is 199 Å². The third kappa shape index (κ3) is 40.7. The molecule has 6 aromatic heterocycles. The molecule has 0 atom stereocenters. The van der Waals surface area contributed by atoms with Crippen LogP contribution in [0, 0.1) is 20.8 Å². The molecule has 14 rings (SSSR count). The summed E-state index contributed by atoms with van der Waals surface area (Å²) in [6.45, 7) is 35.7. The molecular weight excluding hydrogens is 2380 g/mol. The van der Waals surface area contributed by atoms with Crippen molar-refractivity contribution in [1.29, 1.82) is 0 Å². The summed E-state index contributed by atoms with van der Waals surface area (Å²) in [6.07, 6.45) is 23.1. The van der Waals surface area contributed by atoms with E-state index in [-0.39, 0.29) is 109 Å². The fraction of sp³-hybridized carbons (Fsp3) is 0.368. The van der Waals surface area contributed by atoms with E-state index >= 15 is 0 Å². The number of allylic oxidation sites excluding steroid dienone is 3. The Morgan fingerprint density at radius 2 is 0.825 bits per heavy atom. The van der Waals surface area contributed by atoms with Gasteiger partial charge in [0.15, 0.2) is 23.1 Å². The number of carbonyl (C=O) groups is 8. The first-order valence-electron chi connectivity index (χ1n) is 42.2. The highest BCUT2D eigenvalue weighted by atomic mass is 79.9. The van der Waals surface area contributed by atoms with E-state index in [1.165, 1.54) is 93.1 Å². The second-order valence-corrected chi connectivity index (χ2v) is 48.1. The molecule has 0 radical (unpaired) electrons. The van der Waals surface area contributed by atoms with Gasteiger partial charge in [0, 0.05) is 283 Å². The molecule has 5 aromatic carbocycles. The van der Waals surface area contributed by atoms with Crippen molar-refractivity contribution < 1.29 is 91.0 Å². The predicted octanol–water partition coefficient (Wildman–Crippen LogP) is 19.2. The first-order chi connectivity index (χ1) is 66.5. The molecule has 143 heavy (non-hydrogen) atoms. The van der Waals surface area contributed by atoms with Gasteiger partial charge >= 0.3 is 31.0 Å². The Labute approximate surface area is 930 Å². The molecule has 1 saturated heterocycles. The number of aromatic hydroxyl groups is 1. The smallest absolute Gasteiger partial charge is 0.498 e. The van der Waals surface area contributed by atoms with E-state index in [0.717, 1.165) is 108 Å². The number of phenolic OH excluding ortho intramolecular Hbond substituents is 1. The van der Waals surface area contributed by atoms with Crippen LogP contribution in [0.15, 0.2) is 142 Å².